The highest BCUT2D eigenvalue weighted by molar-refractivity contribution is 8.00. The molecule has 3 aromatic rings. The van der Waals surface area contributed by atoms with Gasteiger partial charge < -0.3 is 4.74 Å². The van der Waals surface area contributed by atoms with Gasteiger partial charge in [-0.25, -0.2) is 4.98 Å². The van der Waals surface area contributed by atoms with E-state index in [4.69, 9.17) is 21.3 Å². The van der Waals surface area contributed by atoms with Crippen LogP contribution in [0.2, 0.25) is 5.02 Å². The van der Waals surface area contributed by atoms with Crippen LogP contribution in [-0.4, -0.2) is 35.9 Å². The van der Waals surface area contributed by atoms with E-state index in [1.165, 1.54) is 17.3 Å². The van der Waals surface area contributed by atoms with Crippen LogP contribution in [0.4, 0.5) is 5.13 Å². The fraction of sp³-hybridized carbons (Fsp3) is 0.364. The standard InChI is InChI=1S/C22H23ClN2O2S2/c1-14-10-15(2)21-19(11-14)29-22(24-21)25(12-17-4-3-9-27-17)20(26)13-28-18-7-5-16(23)6-8-18/h5-8,10-11,17H,3-4,9,12-13H2,1-2H3. The summed E-state index contributed by atoms with van der Waals surface area (Å²) in [4.78, 5) is 20.9. The molecule has 0 bridgehead atoms. The van der Waals surface area contributed by atoms with Crippen molar-refractivity contribution < 1.29 is 9.53 Å². The smallest absolute Gasteiger partial charge is 0.239 e. The number of hydrogen-bond acceptors (Lipinski definition) is 5. The molecule has 1 saturated heterocycles. The van der Waals surface area contributed by atoms with E-state index in [-0.39, 0.29) is 12.0 Å². The number of carbonyl (C=O) groups excluding carboxylic acids is 1. The van der Waals surface area contributed by atoms with Crippen LogP contribution in [-0.2, 0) is 9.53 Å². The molecule has 7 heteroatoms. The molecule has 0 radical (unpaired) electrons. The first-order valence-corrected chi connectivity index (χ1v) is 11.9. The first kappa shape index (κ1) is 20.7. The van der Waals surface area contributed by atoms with Crippen molar-refractivity contribution in [3.63, 3.8) is 0 Å². The predicted octanol–water partition coefficient (Wildman–Crippen LogP) is 5.87. The molecule has 1 aliphatic rings. The Hall–Kier alpha value is -1.60. The van der Waals surface area contributed by atoms with Crippen LogP contribution >= 0.6 is 34.7 Å². The zero-order chi connectivity index (χ0) is 20.4. The number of thioether (sulfide) groups is 1. The number of nitrogens with zero attached hydrogens (tertiary/aromatic N) is 2. The van der Waals surface area contributed by atoms with Gasteiger partial charge in [0.2, 0.25) is 5.91 Å². The van der Waals surface area contributed by atoms with Gasteiger partial charge in [0.1, 0.15) is 0 Å². The first-order valence-electron chi connectivity index (χ1n) is 9.68. The second kappa shape index (κ2) is 9.04. The Morgan fingerprint density at radius 2 is 2.10 bits per heavy atom. The minimum absolute atomic E-state index is 0.0499. The molecule has 1 unspecified atom stereocenters. The number of amides is 1. The van der Waals surface area contributed by atoms with Crippen LogP contribution < -0.4 is 4.90 Å². The summed E-state index contributed by atoms with van der Waals surface area (Å²) in [5, 5.41) is 1.45. The van der Waals surface area contributed by atoms with E-state index >= 15 is 0 Å². The van der Waals surface area contributed by atoms with Gasteiger partial charge in [0.05, 0.1) is 28.6 Å². The van der Waals surface area contributed by atoms with Crippen LogP contribution in [0.5, 0.6) is 0 Å². The summed E-state index contributed by atoms with van der Waals surface area (Å²) in [6, 6.07) is 11.8. The molecule has 1 aromatic heterocycles. The first-order chi connectivity index (χ1) is 14.0. The number of anilines is 1. The monoisotopic (exact) mass is 446 g/mol. The molecule has 2 heterocycles. The Bertz CT molecular complexity index is 1010. The summed E-state index contributed by atoms with van der Waals surface area (Å²) in [7, 11) is 0. The zero-order valence-electron chi connectivity index (χ0n) is 16.5. The molecule has 0 spiro atoms. The van der Waals surface area contributed by atoms with Gasteiger partial charge in [-0.3, -0.25) is 9.69 Å². The maximum Gasteiger partial charge on any atom is 0.239 e. The van der Waals surface area contributed by atoms with Gasteiger partial charge in [0.25, 0.3) is 0 Å². The molecule has 0 saturated carbocycles. The van der Waals surface area contributed by atoms with E-state index in [1.807, 2.05) is 29.2 Å². The maximum atomic E-state index is 13.2. The SMILES string of the molecule is Cc1cc(C)c2nc(N(CC3CCCO3)C(=O)CSc3ccc(Cl)cc3)sc2c1. The van der Waals surface area contributed by atoms with Gasteiger partial charge in [-0.1, -0.05) is 29.0 Å². The van der Waals surface area contributed by atoms with Gasteiger partial charge in [0.15, 0.2) is 5.13 Å². The minimum atomic E-state index is 0.0499. The summed E-state index contributed by atoms with van der Waals surface area (Å²) >= 11 is 9.05. The number of fused-ring (bicyclic) bond motifs is 1. The van der Waals surface area contributed by atoms with E-state index in [1.54, 1.807) is 11.3 Å². The molecule has 2 aromatic carbocycles. The lowest BCUT2D eigenvalue weighted by molar-refractivity contribution is -0.116. The molecular formula is C22H23ClN2O2S2. The molecule has 0 aliphatic carbocycles. The van der Waals surface area contributed by atoms with Crippen LogP contribution in [0.25, 0.3) is 10.2 Å². The van der Waals surface area contributed by atoms with E-state index in [2.05, 4.69) is 26.0 Å². The van der Waals surface area contributed by atoms with Crippen molar-refractivity contribution in [2.45, 2.75) is 37.7 Å². The van der Waals surface area contributed by atoms with Gasteiger partial charge >= 0.3 is 0 Å². The van der Waals surface area contributed by atoms with Gasteiger partial charge in [0, 0.05) is 16.5 Å². The molecule has 1 aliphatic heterocycles. The summed E-state index contributed by atoms with van der Waals surface area (Å²) in [5.41, 5.74) is 3.33. The molecule has 152 valence electrons. The summed E-state index contributed by atoms with van der Waals surface area (Å²) in [5.74, 6) is 0.399. The average Bonchev–Trinajstić information content (AvgIpc) is 3.35. The minimum Gasteiger partial charge on any atom is -0.376 e. The Kier molecular flexibility index (Phi) is 6.44. The number of hydrogen-bond donors (Lipinski definition) is 0. The molecule has 4 rings (SSSR count). The van der Waals surface area contributed by atoms with Gasteiger partial charge in [-0.2, -0.15) is 0 Å². The Balaban J connectivity index is 1.57. The highest BCUT2D eigenvalue weighted by Gasteiger charge is 2.26. The number of aromatic nitrogens is 1. The lowest BCUT2D eigenvalue weighted by Gasteiger charge is -2.23. The molecule has 4 nitrogen and oxygen atoms in total. The normalized spacial score (nSPS) is 16.4. The van der Waals surface area contributed by atoms with Crippen LogP contribution in [0, 0.1) is 13.8 Å². The van der Waals surface area contributed by atoms with Crippen molar-refractivity contribution in [1.29, 1.82) is 0 Å². The summed E-state index contributed by atoms with van der Waals surface area (Å²) in [6.07, 6.45) is 2.11. The quantitative estimate of drug-likeness (QED) is 0.444. The predicted molar refractivity (Wildman–Crippen MR) is 123 cm³/mol. The number of thiazole rings is 1. The molecule has 0 N–H and O–H groups in total. The van der Waals surface area contributed by atoms with E-state index in [9.17, 15) is 4.79 Å². The largest absolute Gasteiger partial charge is 0.376 e. The highest BCUT2D eigenvalue weighted by atomic mass is 35.5. The molecule has 1 fully saturated rings. The van der Waals surface area contributed by atoms with E-state index < -0.39 is 0 Å². The Morgan fingerprint density at radius 1 is 1.31 bits per heavy atom. The third kappa shape index (κ3) is 4.94. The van der Waals surface area contributed by atoms with Crippen LogP contribution in [0.15, 0.2) is 41.3 Å². The second-order valence-corrected chi connectivity index (χ2v) is 9.80. The fourth-order valence-corrected chi connectivity index (χ4v) is 5.58. The van der Waals surface area contributed by atoms with Crippen LogP contribution in [0.1, 0.15) is 24.0 Å². The highest BCUT2D eigenvalue weighted by Crippen LogP contribution is 2.33. The maximum absolute atomic E-state index is 13.2. The van der Waals surface area contributed by atoms with E-state index in [0.717, 1.165) is 45.3 Å². The molecule has 1 atom stereocenters. The second-order valence-electron chi connectivity index (χ2n) is 7.31. The lowest BCUT2D eigenvalue weighted by Crippen LogP contribution is -2.38. The van der Waals surface area contributed by atoms with Crippen molar-refractivity contribution in [3.05, 3.63) is 52.5 Å². The molecule has 1 amide bonds. The number of halogens is 1. The zero-order valence-corrected chi connectivity index (χ0v) is 18.9. The lowest BCUT2D eigenvalue weighted by atomic mass is 10.1. The number of benzene rings is 2. The number of rotatable bonds is 6. The summed E-state index contributed by atoms with van der Waals surface area (Å²) in [6.45, 7) is 5.48. The van der Waals surface area contributed by atoms with Crippen molar-refractivity contribution in [1.82, 2.24) is 4.98 Å². The van der Waals surface area contributed by atoms with Crippen molar-refractivity contribution in [2.24, 2.45) is 0 Å². The Labute approximate surface area is 184 Å². The summed E-state index contributed by atoms with van der Waals surface area (Å²) < 4.78 is 6.93. The Morgan fingerprint density at radius 3 is 2.83 bits per heavy atom. The van der Waals surface area contributed by atoms with Crippen molar-refractivity contribution in [2.75, 3.05) is 23.8 Å². The number of ether oxygens (including phenoxy) is 1. The topological polar surface area (TPSA) is 42.4 Å². The molecular weight excluding hydrogens is 424 g/mol. The molecule has 29 heavy (non-hydrogen) atoms. The van der Waals surface area contributed by atoms with Gasteiger partial charge in [-0.05, 0) is 68.1 Å². The van der Waals surface area contributed by atoms with E-state index in [0.29, 0.717) is 17.3 Å². The number of aryl methyl sites for hydroxylation is 2. The third-order valence-electron chi connectivity index (χ3n) is 4.94. The number of carbonyl (C=O) groups is 1. The average molecular weight is 447 g/mol. The fourth-order valence-electron chi connectivity index (χ4n) is 3.51. The van der Waals surface area contributed by atoms with Gasteiger partial charge in [-0.15, -0.1) is 11.8 Å². The van der Waals surface area contributed by atoms with Crippen molar-refractivity contribution >= 4 is 56.0 Å². The van der Waals surface area contributed by atoms with Crippen molar-refractivity contribution in [3.8, 4) is 0 Å². The third-order valence-corrected chi connectivity index (χ3v) is 7.21. The van der Waals surface area contributed by atoms with Crippen LogP contribution in [0.3, 0.4) is 0 Å².